The molecule has 1 aliphatic rings. The van der Waals surface area contributed by atoms with Gasteiger partial charge < -0.3 is 0 Å². The van der Waals surface area contributed by atoms with Crippen molar-refractivity contribution >= 4 is 22.6 Å². The lowest BCUT2D eigenvalue weighted by molar-refractivity contribution is 0.618. The molecule has 0 atom stereocenters. The summed E-state index contributed by atoms with van der Waals surface area (Å²) in [5.74, 6) is 0. The quantitative estimate of drug-likeness (QED) is 0.373. The monoisotopic (exact) mass is 401 g/mol. The van der Waals surface area contributed by atoms with E-state index in [4.69, 9.17) is 21.7 Å². The molecule has 2 aromatic heterocycles. The summed E-state index contributed by atoms with van der Waals surface area (Å²) in [6.07, 6.45) is 7.10. The van der Waals surface area contributed by atoms with Crippen molar-refractivity contribution in [2.45, 2.75) is 45.4 Å². The van der Waals surface area contributed by atoms with E-state index in [2.05, 4.69) is 25.1 Å². The Bertz CT molecular complexity index is 1180. The first-order valence-electron chi connectivity index (χ1n) is 10.5. The summed E-state index contributed by atoms with van der Waals surface area (Å²) in [6, 6.07) is 18.3. The second-order valence-corrected chi connectivity index (χ2v) is 8.25. The van der Waals surface area contributed by atoms with Gasteiger partial charge in [0.15, 0.2) is 5.65 Å². The second kappa shape index (κ2) is 7.64. The third-order valence-electron chi connectivity index (χ3n) is 5.94. The Labute approximate surface area is 176 Å². The summed E-state index contributed by atoms with van der Waals surface area (Å²) >= 11 is 6.63. The number of hydrogen-bond acceptors (Lipinski definition) is 2. The van der Waals surface area contributed by atoms with Crippen molar-refractivity contribution in [1.82, 2.24) is 14.8 Å². The molecule has 3 nitrogen and oxygen atoms in total. The molecule has 4 aromatic rings. The fourth-order valence-corrected chi connectivity index (χ4v) is 4.79. The van der Waals surface area contributed by atoms with Crippen LogP contribution in [0, 0.1) is 6.92 Å². The topological polar surface area (TPSA) is 30.7 Å². The van der Waals surface area contributed by atoms with Crippen molar-refractivity contribution < 1.29 is 0 Å². The number of aryl methyl sites for hydroxylation is 2. The van der Waals surface area contributed by atoms with Gasteiger partial charge >= 0.3 is 0 Å². The van der Waals surface area contributed by atoms with E-state index in [1.165, 1.54) is 42.2 Å². The third kappa shape index (κ3) is 3.24. The highest BCUT2D eigenvalue weighted by atomic mass is 35.5. The lowest BCUT2D eigenvalue weighted by Gasteiger charge is -2.19. The number of benzene rings is 2. The number of para-hydroxylation sites is 1. The van der Waals surface area contributed by atoms with Crippen molar-refractivity contribution in [2.24, 2.45) is 0 Å². The molecule has 2 aromatic carbocycles. The number of pyridine rings is 1. The Hall–Kier alpha value is -2.65. The highest BCUT2D eigenvalue weighted by Gasteiger charge is 2.23. The highest BCUT2D eigenvalue weighted by molar-refractivity contribution is 6.33. The van der Waals surface area contributed by atoms with Crippen LogP contribution in [-0.4, -0.2) is 14.8 Å². The zero-order valence-corrected chi connectivity index (χ0v) is 17.4. The van der Waals surface area contributed by atoms with Crippen molar-refractivity contribution in [1.29, 1.82) is 0 Å². The van der Waals surface area contributed by atoms with Gasteiger partial charge in [-0.05, 0) is 61.9 Å². The molecule has 0 aliphatic heterocycles. The maximum absolute atomic E-state index is 6.63. The average molecular weight is 402 g/mol. The van der Waals surface area contributed by atoms with Gasteiger partial charge in [-0.15, -0.1) is 0 Å². The molecular formula is C25H24ClN3. The number of nitrogens with zero attached hydrogens (tertiary/aromatic N) is 3. The highest BCUT2D eigenvalue weighted by Crippen LogP contribution is 2.38. The summed E-state index contributed by atoms with van der Waals surface area (Å²) in [6.45, 7) is 2.11. The second-order valence-electron chi connectivity index (χ2n) is 7.84. The fraction of sp³-hybridized carbons (Fsp3) is 0.280. The molecule has 0 bridgehead atoms. The first-order chi connectivity index (χ1) is 14.2. The van der Waals surface area contributed by atoms with Gasteiger partial charge in [-0.2, -0.15) is 5.10 Å². The smallest absolute Gasteiger partial charge is 0.164 e. The van der Waals surface area contributed by atoms with E-state index in [-0.39, 0.29) is 0 Å². The van der Waals surface area contributed by atoms with Gasteiger partial charge in [0, 0.05) is 16.0 Å². The molecule has 0 N–H and O–H groups in total. The molecule has 0 saturated heterocycles. The van der Waals surface area contributed by atoms with E-state index in [9.17, 15) is 0 Å². The molecule has 2 heterocycles. The molecule has 0 radical (unpaired) electrons. The molecule has 0 saturated carbocycles. The Balaban J connectivity index is 1.86. The first-order valence-corrected chi connectivity index (χ1v) is 10.8. The standard InChI is InChI=1S/C25H24ClN3/c1-17-23-19-13-7-2-3-8-14-20(19)24(21-15-9-10-16-22(21)26)27-25(23)29(28-17)18-11-5-4-6-12-18/h4-6,9-12,15-16H,2-3,7-8,13-14H2,1H3. The van der Waals surface area contributed by atoms with E-state index in [1.807, 2.05) is 41.1 Å². The van der Waals surface area contributed by atoms with Crippen molar-refractivity contribution in [2.75, 3.05) is 0 Å². The fourth-order valence-electron chi connectivity index (χ4n) is 4.57. The summed E-state index contributed by atoms with van der Waals surface area (Å²) < 4.78 is 1.99. The molecule has 146 valence electrons. The Morgan fingerprint density at radius 1 is 0.828 bits per heavy atom. The summed E-state index contributed by atoms with van der Waals surface area (Å²) in [5, 5.41) is 6.88. The zero-order valence-electron chi connectivity index (χ0n) is 16.7. The van der Waals surface area contributed by atoms with Crippen LogP contribution >= 0.6 is 11.6 Å². The minimum Gasteiger partial charge on any atom is -0.228 e. The van der Waals surface area contributed by atoms with Gasteiger partial charge in [-0.1, -0.05) is 60.8 Å². The molecule has 0 spiro atoms. The molecule has 29 heavy (non-hydrogen) atoms. The maximum Gasteiger partial charge on any atom is 0.164 e. The van der Waals surface area contributed by atoms with E-state index >= 15 is 0 Å². The SMILES string of the molecule is Cc1nn(-c2ccccc2)c2nc(-c3ccccc3Cl)c3c(c12)CCCCCC3. The molecule has 5 rings (SSSR count). The maximum atomic E-state index is 6.63. The Morgan fingerprint density at radius 3 is 2.28 bits per heavy atom. The lowest BCUT2D eigenvalue weighted by Crippen LogP contribution is -2.07. The lowest BCUT2D eigenvalue weighted by atomic mass is 9.88. The largest absolute Gasteiger partial charge is 0.228 e. The molecule has 0 amide bonds. The van der Waals surface area contributed by atoms with E-state index in [0.29, 0.717) is 0 Å². The Morgan fingerprint density at radius 2 is 1.52 bits per heavy atom. The molecule has 0 unspecified atom stereocenters. The van der Waals surface area contributed by atoms with Crippen LogP contribution in [0.25, 0.3) is 28.0 Å². The summed E-state index contributed by atoms with van der Waals surface area (Å²) in [7, 11) is 0. The van der Waals surface area contributed by atoms with Gasteiger partial charge in [-0.3, -0.25) is 0 Å². The van der Waals surface area contributed by atoms with Crippen LogP contribution in [0.1, 0.15) is 42.5 Å². The molecule has 4 heteroatoms. The Kier molecular flexibility index (Phi) is 4.84. The van der Waals surface area contributed by atoms with Crippen LogP contribution in [0.4, 0.5) is 0 Å². The number of fused-ring (bicyclic) bond motifs is 3. The van der Waals surface area contributed by atoms with Gasteiger partial charge in [0.05, 0.1) is 17.1 Å². The normalized spacial score (nSPS) is 14.4. The van der Waals surface area contributed by atoms with Gasteiger partial charge in [0.2, 0.25) is 0 Å². The summed E-state index contributed by atoms with van der Waals surface area (Å²) in [4.78, 5) is 5.21. The third-order valence-corrected chi connectivity index (χ3v) is 6.27. The van der Waals surface area contributed by atoms with Crippen LogP contribution in [0.3, 0.4) is 0 Å². The van der Waals surface area contributed by atoms with E-state index < -0.39 is 0 Å². The number of aromatic nitrogens is 3. The predicted octanol–water partition coefficient (Wildman–Crippen LogP) is 6.71. The van der Waals surface area contributed by atoms with Crippen LogP contribution in [0.2, 0.25) is 5.02 Å². The number of halogens is 1. The van der Waals surface area contributed by atoms with Crippen LogP contribution < -0.4 is 0 Å². The average Bonchev–Trinajstić information content (AvgIpc) is 3.05. The molecular weight excluding hydrogens is 378 g/mol. The molecule has 1 aliphatic carbocycles. The van der Waals surface area contributed by atoms with Crippen LogP contribution in [-0.2, 0) is 12.8 Å². The predicted molar refractivity (Wildman–Crippen MR) is 120 cm³/mol. The minimum absolute atomic E-state index is 0.756. The van der Waals surface area contributed by atoms with Crippen LogP contribution in [0.15, 0.2) is 54.6 Å². The minimum atomic E-state index is 0.756. The summed E-state index contributed by atoms with van der Waals surface area (Å²) in [5.41, 5.74) is 7.85. The van der Waals surface area contributed by atoms with Gasteiger partial charge in [-0.25, -0.2) is 9.67 Å². The molecule has 0 fully saturated rings. The van der Waals surface area contributed by atoms with E-state index in [0.717, 1.165) is 46.2 Å². The van der Waals surface area contributed by atoms with Crippen LogP contribution in [0.5, 0.6) is 0 Å². The zero-order chi connectivity index (χ0) is 19.8. The van der Waals surface area contributed by atoms with E-state index in [1.54, 1.807) is 0 Å². The van der Waals surface area contributed by atoms with Gasteiger partial charge in [0.25, 0.3) is 0 Å². The van der Waals surface area contributed by atoms with Crippen molar-refractivity contribution in [3.8, 4) is 16.9 Å². The first kappa shape index (κ1) is 18.4. The van der Waals surface area contributed by atoms with Crippen molar-refractivity contribution in [3.63, 3.8) is 0 Å². The number of hydrogen-bond donors (Lipinski definition) is 0. The number of rotatable bonds is 2. The van der Waals surface area contributed by atoms with Crippen molar-refractivity contribution in [3.05, 3.63) is 76.4 Å². The van der Waals surface area contributed by atoms with Gasteiger partial charge in [0.1, 0.15) is 0 Å².